The summed E-state index contributed by atoms with van der Waals surface area (Å²) in [7, 11) is 0. The van der Waals surface area contributed by atoms with E-state index in [-0.39, 0.29) is 11.7 Å². The molecule has 0 bridgehead atoms. The first kappa shape index (κ1) is 14.7. The summed E-state index contributed by atoms with van der Waals surface area (Å²) in [5, 5.41) is 12.4. The molecule has 0 saturated heterocycles. The lowest BCUT2D eigenvalue weighted by Gasteiger charge is -2.12. The lowest BCUT2D eigenvalue weighted by atomic mass is 10.1. The predicted octanol–water partition coefficient (Wildman–Crippen LogP) is 4.44. The topological polar surface area (TPSA) is 58.6 Å². The summed E-state index contributed by atoms with van der Waals surface area (Å²) < 4.78 is 5.78. The molecule has 0 unspecified atom stereocenters. The van der Waals surface area contributed by atoms with E-state index in [4.69, 9.17) is 4.74 Å². The Labute approximate surface area is 134 Å². The molecule has 3 rings (SSSR count). The Morgan fingerprint density at radius 1 is 0.826 bits per heavy atom. The number of anilines is 1. The first-order chi connectivity index (χ1) is 11.2. The lowest BCUT2D eigenvalue weighted by Crippen LogP contribution is -2.13. The molecule has 1 amide bonds. The van der Waals surface area contributed by atoms with Gasteiger partial charge in [0.25, 0.3) is 5.91 Å². The molecule has 2 N–H and O–H groups in total. The highest BCUT2D eigenvalue weighted by atomic mass is 16.5. The number of hydrogen-bond acceptors (Lipinski definition) is 3. The fraction of sp³-hybridized carbons (Fsp3) is 0. The fourth-order valence-electron chi connectivity index (χ4n) is 2.13. The van der Waals surface area contributed by atoms with E-state index < -0.39 is 0 Å². The van der Waals surface area contributed by atoms with Crippen molar-refractivity contribution in [3.63, 3.8) is 0 Å². The molecule has 3 aromatic rings. The zero-order valence-electron chi connectivity index (χ0n) is 12.3. The van der Waals surface area contributed by atoms with E-state index in [1.165, 1.54) is 6.07 Å². The van der Waals surface area contributed by atoms with Crippen molar-refractivity contribution < 1.29 is 14.6 Å². The number of phenolic OH excluding ortho intramolecular Hbond substituents is 1. The van der Waals surface area contributed by atoms with Crippen LogP contribution in [0.3, 0.4) is 0 Å². The normalized spacial score (nSPS) is 10.1. The standard InChI is InChI=1S/C19H15NO3/c21-17-12-6-5-11-16(17)20-19(22)15-10-4-7-13-18(15)23-14-8-2-1-3-9-14/h1-13,21H,(H,20,22). The van der Waals surface area contributed by atoms with Crippen molar-refractivity contribution in [3.8, 4) is 17.2 Å². The van der Waals surface area contributed by atoms with Crippen LogP contribution >= 0.6 is 0 Å². The van der Waals surface area contributed by atoms with Gasteiger partial charge in [-0.25, -0.2) is 0 Å². The van der Waals surface area contributed by atoms with E-state index in [2.05, 4.69) is 5.32 Å². The fourth-order valence-corrected chi connectivity index (χ4v) is 2.13. The van der Waals surface area contributed by atoms with E-state index in [1.807, 2.05) is 30.3 Å². The number of ether oxygens (including phenoxy) is 1. The van der Waals surface area contributed by atoms with Gasteiger partial charge < -0.3 is 15.2 Å². The Balaban J connectivity index is 1.85. The second kappa shape index (κ2) is 6.66. The molecule has 0 saturated carbocycles. The molecular weight excluding hydrogens is 290 g/mol. The number of phenols is 1. The number of para-hydroxylation sites is 4. The molecule has 0 radical (unpaired) electrons. The van der Waals surface area contributed by atoms with Crippen molar-refractivity contribution in [1.29, 1.82) is 0 Å². The largest absolute Gasteiger partial charge is 0.506 e. The van der Waals surface area contributed by atoms with Crippen LogP contribution in [0.25, 0.3) is 0 Å². The van der Waals surface area contributed by atoms with Gasteiger partial charge in [0, 0.05) is 0 Å². The summed E-state index contributed by atoms with van der Waals surface area (Å²) in [6, 6.07) is 22.8. The van der Waals surface area contributed by atoms with Gasteiger partial charge in [-0.05, 0) is 36.4 Å². The van der Waals surface area contributed by atoms with Gasteiger partial charge >= 0.3 is 0 Å². The number of hydrogen-bond donors (Lipinski definition) is 2. The van der Waals surface area contributed by atoms with Crippen molar-refractivity contribution in [2.75, 3.05) is 5.32 Å². The van der Waals surface area contributed by atoms with Crippen LogP contribution in [0.4, 0.5) is 5.69 Å². The highest BCUT2D eigenvalue weighted by Crippen LogP contribution is 2.27. The number of carbonyl (C=O) groups is 1. The Kier molecular flexibility index (Phi) is 4.25. The van der Waals surface area contributed by atoms with Gasteiger partial charge in [0.05, 0.1) is 11.3 Å². The van der Waals surface area contributed by atoms with Gasteiger partial charge in [0.15, 0.2) is 0 Å². The second-order valence-corrected chi connectivity index (χ2v) is 4.88. The van der Waals surface area contributed by atoms with E-state index in [0.717, 1.165) is 0 Å². The Bertz CT molecular complexity index is 816. The third kappa shape index (κ3) is 3.49. The molecule has 0 aliphatic heterocycles. The molecule has 4 nitrogen and oxygen atoms in total. The van der Waals surface area contributed by atoms with Gasteiger partial charge in [-0.3, -0.25) is 4.79 Å². The molecule has 114 valence electrons. The van der Waals surface area contributed by atoms with Gasteiger partial charge in [-0.2, -0.15) is 0 Å². The number of benzene rings is 3. The summed E-state index contributed by atoms with van der Waals surface area (Å²) >= 11 is 0. The quantitative estimate of drug-likeness (QED) is 0.701. The molecule has 3 aromatic carbocycles. The van der Waals surface area contributed by atoms with Crippen molar-refractivity contribution in [3.05, 3.63) is 84.4 Å². The predicted molar refractivity (Wildman–Crippen MR) is 89.0 cm³/mol. The van der Waals surface area contributed by atoms with Crippen LogP contribution in [0.15, 0.2) is 78.9 Å². The summed E-state index contributed by atoms with van der Waals surface area (Å²) in [5.41, 5.74) is 0.742. The Morgan fingerprint density at radius 3 is 2.26 bits per heavy atom. The van der Waals surface area contributed by atoms with Crippen LogP contribution < -0.4 is 10.1 Å². The Morgan fingerprint density at radius 2 is 1.48 bits per heavy atom. The van der Waals surface area contributed by atoms with E-state index in [0.29, 0.717) is 22.7 Å². The van der Waals surface area contributed by atoms with Gasteiger partial charge in [-0.1, -0.05) is 42.5 Å². The first-order valence-electron chi connectivity index (χ1n) is 7.15. The molecule has 0 heterocycles. The molecule has 0 spiro atoms. The van der Waals surface area contributed by atoms with Crippen molar-refractivity contribution in [2.24, 2.45) is 0 Å². The summed E-state index contributed by atoms with van der Waals surface area (Å²) in [6.45, 7) is 0. The highest BCUT2D eigenvalue weighted by Gasteiger charge is 2.14. The smallest absolute Gasteiger partial charge is 0.259 e. The average molecular weight is 305 g/mol. The van der Waals surface area contributed by atoms with Gasteiger partial charge in [-0.15, -0.1) is 0 Å². The summed E-state index contributed by atoms with van der Waals surface area (Å²) in [6.07, 6.45) is 0. The summed E-state index contributed by atoms with van der Waals surface area (Å²) in [5.74, 6) is 0.766. The van der Waals surface area contributed by atoms with Crippen LogP contribution in [0, 0.1) is 0 Å². The second-order valence-electron chi connectivity index (χ2n) is 4.88. The van der Waals surface area contributed by atoms with Crippen LogP contribution in [0.5, 0.6) is 17.2 Å². The van der Waals surface area contributed by atoms with E-state index >= 15 is 0 Å². The maximum atomic E-state index is 12.5. The number of carbonyl (C=O) groups excluding carboxylic acids is 1. The van der Waals surface area contributed by atoms with Crippen molar-refractivity contribution >= 4 is 11.6 Å². The van der Waals surface area contributed by atoms with Crippen molar-refractivity contribution in [2.45, 2.75) is 0 Å². The first-order valence-corrected chi connectivity index (χ1v) is 7.15. The third-order valence-electron chi connectivity index (χ3n) is 3.25. The van der Waals surface area contributed by atoms with Crippen LogP contribution in [0.2, 0.25) is 0 Å². The monoisotopic (exact) mass is 305 g/mol. The molecule has 4 heteroatoms. The molecule has 0 aliphatic rings. The van der Waals surface area contributed by atoms with Crippen molar-refractivity contribution in [1.82, 2.24) is 0 Å². The molecular formula is C19H15NO3. The molecule has 0 aromatic heterocycles. The third-order valence-corrected chi connectivity index (χ3v) is 3.25. The van der Waals surface area contributed by atoms with Gasteiger partial charge in [0.1, 0.15) is 17.2 Å². The lowest BCUT2D eigenvalue weighted by molar-refractivity contribution is 0.102. The molecule has 0 atom stereocenters. The van der Waals surface area contributed by atoms with Gasteiger partial charge in [0.2, 0.25) is 0 Å². The number of nitrogens with one attached hydrogen (secondary N) is 1. The Hall–Kier alpha value is -3.27. The number of aromatic hydroxyl groups is 1. The van der Waals surface area contributed by atoms with E-state index in [1.54, 1.807) is 42.5 Å². The minimum Gasteiger partial charge on any atom is -0.506 e. The minimum absolute atomic E-state index is 0.0160. The minimum atomic E-state index is -0.349. The SMILES string of the molecule is O=C(Nc1ccccc1O)c1ccccc1Oc1ccccc1. The average Bonchev–Trinajstić information content (AvgIpc) is 2.58. The zero-order valence-corrected chi connectivity index (χ0v) is 12.3. The van der Waals surface area contributed by atoms with Crippen LogP contribution in [-0.4, -0.2) is 11.0 Å². The highest BCUT2D eigenvalue weighted by molar-refractivity contribution is 6.06. The number of rotatable bonds is 4. The maximum absolute atomic E-state index is 12.5. The molecule has 0 aliphatic carbocycles. The zero-order chi connectivity index (χ0) is 16.1. The maximum Gasteiger partial charge on any atom is 0.259 e. The van der Waals surface area contributed by atoms with Crippen LogP contribution in [0.1, 0.15) is 10.4 Å². The summed E-state index contributed by atoms with van der Waals surface area (Å²) in [4.78, 5) is 12.5. The molecule has 23 heavy (non-hydrogen) atoms. The number of amides is 1. The molecule has 0 fully saturated rings. The van der Waals surface area contributed by atoms with E-state index in [9.17, 15) is 9.90 Å². The van der Waals surface area contributed by atoms with Crippen LogP contribution in [-0.2, 0) is 0 Å².